The van der Waals surface area contributed by atoms with Crippen LogP contribution >= 0.6 is 0 Å². The number of hydrogen-bond donors (Lipinski definition) is 2. The Morgan fingerprint density at radius 3 is 2.57 bits per heavy atom. The Morgan fingerprint density at radius 2 is 2.43 bits per heavy atom. The third kappa shape index (κ3) is 1.36. The van der Waals surface area contributed by atoms with E-state index in [4.69, 9.17) is 0 Å². The fraction of sp³-hybridized carbons (Fsp3) is 0.250. The van der Waals surface area contributed by atoms with Gasteiger partial charge < -0.3 is 11.1 Å². The molecule has 1 aromatic heterocycles. The zero-order chi connectivity index (χ0) is 4.41. The molecule has 0 aliphatic carbocycles. The predicted octanol–water partition coefficient (Wildman–Crippen LogP) is 0.880. The van der Waals surface area contributed by atoms with Crippen molar-refractivity contribution in [3.63, 3.8) is 0 Å². The highest BCUT2D eigenvalue weighted by Gasteiger charge is 1.74. The molecule has 3 heteroatoms. The molecule has 3 nitrogen and oxygen atoms in total. The van der Waals surface area contributed by atoms with Crippen molar-refractivity contribution < 1.29 is 0 Å². The monoisotopic (exact) mass is 99.1 g/mol. The molecular formula is C4H9N3. The lowest BCUT2D eigenvalue weighted by Gasteiger charge is -1.64. The van der Waals surface area contributed by atoms with Gasteiger partial charge >= 0.3 is 0 Å². The van der Waals surface area contributed by atoms with Crippen molar-refractivity contribution in [3.8, 4) is 0 Å². The number of aryl methyl sites for hydroxylation is 1. The third-order valence-corrected chi connectivity index (χ3v) is 0.635. The maximum atomic E-state index is 3.86. The number of imidazole rings is 1. The minimum atomic E-state index is 0. The lowest BCUT2D eigenvalue weighted by Crippen LogP contribution is -1.59. The van der Waals surface area contributed by atoms with Gasteiger partial charge in [0.1, 0.15) is 0 Å². The second-order valence-corrected chi connectivity index (χ2v) is 1.21. The number of aromatic amines is 1. The minimum absolute atomic E-state index is 0. The van der Waals surface area contributed by atoms with Crippen molar-refractivity contribution in [2.75, 3.05) is 0 Å². The van der Waals surface area contributed by atoms with Crippen molar-refractivity contribution in [2.45, 2.75) is 6.92 Å². The van der Waals surface area contributed by atoms with Crippen molar-refractivity contribution in [1.82, 2.24) is 16.1 Å². The molecule has 1 aromatic rings. The molecule has 0 spiro atoms. The van der Waals surface area contributed by atoms with E-state index in [-0.39, 0.29) is 6.15 Å². The highest BCUT2D eigenvalue weighted by Crippen LogP contribution is 1.81. The first kappa shape index (κ1) is 6.17. The Bertz CT molecular complexity index is 110. The quantitative estimate of drug-likeness (QED) is 0.507. The van der Waals surface area contributed by atoms with Gasteiger partial charge in [0, 0.05) is 6.20 Å². The van der Waals surface area contributed by atoms with Gasteiger partial charge in [0.15, 0.2) is 0 Å². The lowest BCUT2D eigenvalue weighted by atomic mass is 10.6. The van der Waals surface area contributed by atoms with Crippen LogP contribution < -0.4 is 6.15 Å². The largest absolute Gasteiger partial charge is 0.351 e. The number of aromatic nitrogens is 2. The average Bonchev–Trinajstić information content (AvgIpc) is 1.86. The van der Waals surface area contributed by atoms with Crippen LogP contribution in [0.4, 0.5) is 0 Å². The molecule has 0 aromatic carbocycles. The Morgan fingerprint density at radius 1 is 1.71 bits per heavy atom. The molecule has 0 unspecified atom stereocenters. The first-order chi connectivity index (χ1) is 2.89. The van der Waals surface area contributed by atoms with Gasteiger partial charge in [0.2, 0.25) is 0 Å². The second kappa shape index (κ2) is 2.36. The molecule has 0 amide bonds. The summed E-state index contributed by atoms with van der Waals surface area (Å²) in [6.45, 7) is 1.94. The van der Waals surface area contributed by atoms with Gasteiger partial charge in [-0.25, -0.2) is 4.98 Å². The maximum Gasteiger partial charge on any atom is 0.0922 e. The van der Waals surface area contributed by atoms with Crippen LogP contribution in [-0.2, 0) is 0 Å². The molecule has 1 heterocycles. The van der Waals surface area contributed by atoms with E-state index >= 15 is 0 Å². The van der Waals surface area contributed by atoms with Gasteiger partial charge in [-0.05, 0) is 6.92 Å². The first-order valence-corrected chi connectivity index (χ1v) is 1.85. The summed E-state index contributed by atoms with van der Waals surface area (Å²) in [7, 11) is 0. The average molecular weight is 99.1 g/mol. The molecule has 0 bridgehead atoms. The van der Waals surface area contributed by atoms with E-state index < -0.39 is 0 Å². The van der Waals surface area contributed by atoms with Crippen LogP contribution in [-0.4, -0.2) is 9.97 Å². The Labute approximate surface area is 42.4 Å². The summed E-state index contributed by atoms with van der Waals surface area (Å²) in [6.07, 6.45) is 3.51. The van der Waals surface area contributed by atoms with Crippen molar-refractivity contribution >= 4 is 0 Å². The molecular weight excluding hydrogens is 90.1 g/mol. The summed E-state index contributed by atoms with van der Waals surface area (Å²) >= 11 is 0. The standard InChI is InChI=1S/C4H6N2.H3N/c1-4-2-5-3-6-4;/h2-3H,1H3,(H,5,6);1H3. The van der Waals surface area contributed by atoms with Crippen molar-refractivity contribution in [2.24, 2.45) is 0 Å². The molecule has 0 aliphatic heterocycles. The number of H-pyrrole nitrogens is 1. The van der Waals surface area contributed by atoms with Gasteiger partial charge in [-0.1, -0.05) is 0 Å². The van der Waals surface area contributed by atoms with Crippen LogP contribution in [0.5, 0.6) is 0 Å². The molecule has 40 valence electrons. The van der Waals surface area contributed by atoms with E-state index in [1.807, 2.05) is 13.1 Å². The Hall–Kier alpha value is -0.830. The molecule has 0 saturated heterocycles. The van der Waals surface area contributed by atoms with Crippen LogP contribution in [0, 0.1) is 6.92 Å². The minimum Gasteiger partial charge on any atom is -0.351 e. The molecule has 0 saturated carbocycles. The molecule has 0 fully saturated rings. The fourth-order valence-corrected chi connectivity index (χ4v) is 0.334. The molecule has 7 heavy (non-hydrogen) atoms. The zero-order valence-electron chi connectivity index (χ0n) is 4.31. The van der Waals surface area contributed by atoms with E-state index in [0.29, 0.717) is 0 Å². The number of nitrogens with zero attached hydrogens (tertiary/aromatic N) is 1. The number of rotatable bonds is 0. The molecule has 0 aliphatic rings. The Balaban J connectivity index is 0.000000360. The smallest absolute Gasteiger partial charge is 0.0922 e. The van der Waals surface area contributed by atoms with Crippen LogP contribution in [0.2, 0.25) is 0 Å². The van der Waals surface area contributed by atoms with Gasteiger partial charge in [0.05, 0.1) is 12.0 Å². The summed E-state index contributed by atoms with van der Waals surface area (Å²) in [5.41, 5.74) is 1.04. The van der Waals surface area contributed by atoms with Gasteiger partial charge in [-0.2, -0.15) is 0 Å². The zero-order valence-corrected chi connectivity index (χ0v) is 4.31. The summed E-state index contributed by atoms with van der Waals surface area (Å²) in [4.78, 5) is 6.68. The third-order valence-electron chi connectivity index (χ3n) is 0.635. The maximum absolute atomic E-state index is 3.86. The predicted molar refractivity (Wildman–Crippen MR) is 28.3 cm³/mol. The van der Waals surface area contributed by atoms with Gasteiger partial charge in [-0.3, -0.25) is 0 Å². The topological polar surface area (TPSA) is 63.7 Å². The molecule has 1 rings (SSSR count). The Kier molecular flexibility index (Phi) is 2.08. The SMILES string of the molecule is Cc1c[nH]cn1.N. The summed E-state index contributed by atoms with van der Waals surface area (Å²) < 4.78 is 0. The van der Waals surface area contributed by atoms with Crippen molar-refractivity contribution in [1.29, 1.82) is 0 Å². The molecule has 0 radical (unpaired) electrons. The van der Waals surface area contributed by atoms with Crippen LogP contribution in [0.3, 0.4) is 0 Å². The number of nitrogens with one attached hydrogen (secondary N) is 1. The van der Waals surface area contributed by atoms with Crippen LogP contribution in [0.25, 0.3) is 0 Å². The molecule has 4 N–H and O–H groups in total. The van der Waals surface area contributed by atoms with Crippen LogP contribution in [0.15, 0.2) is 12.5 Å². The first-order valence-electron chi connectivity index (χ1n) is 1.85. The van der Waals surface area contributed by atoms with E-state index in [9.17, 15) is 0 Å². The summed E-state index contributed by atoms with van der Waals surface area (Å²) in [6, 6.07) is 0. The van der Waals surface area contributed by atoms with E-state index in [2.05, 4.69) is 9.97 Å². The molecule has 0 atom stereocenters. The number of hydrogen-bond acceptors (Lipinski definition) is 2. The van der Waals surface area contributed by atoms with E-state index in [1.54, 1.807) is 6.33 Å². The highest BCUT2D eigenvalue weighted by molar-refractivity contribution is 4.87. The normalized spacial score (nSPS) is 7.57. The highest BCUT2D eigenvalue weighted by atomic mass is 14.8. The lowest BCUT2D eigenvalue weighted by molar-refractivity contribution is 1.25. The van der Waals surface area contributed by atoms with E-state index in [0.717, 1.165) is 5.69 Å². The van der Waals surface area contributed by atoms with Crippen molar-refractivity contribution in [3.05, 3.63) is 18.2 Å². The summed E-state index contributed by atoms with van der Waals surface area (Å²) in [5.74, 6) is 0. The fourth-order valence-electron chi connectivity index (χ4n) is 0.334. The van der Waals surface area contributed by atoms with E-state index in [1.165, 1.54) is 0 Å². The second-order valence-electron chi connectivity index (χ2n) is 1.21. The summed E-state index contributed by atoms with van der Waals surface area (Å²) in [5, 5.41) is 0. The van der Waals surface area contributed by atoms with Crippen LogP contribution in [0.1, 0.15) is 5.69 Å². The van der Waals surface area contributed by atoms with Gasteiger partial charge in [0.25, 0.3) is 0 Å². The van der Waals surface area contributed by atoms with Gasteiger partial charge in [-0.15, -0.1) is 0 Å².